The topological polar surface area (TPSA) is 52.9 Å². The minimum Gasteiger partial charge on any atom is -0.266 e. The molecule has 0 bridgehead atoms. The van der Waals surface area contributed by atoms with Gasteiger partial charge in [0.15, 0.2) is 0 Å². The monoisotopic (exact) mass is 191 g/mol. The van der Waals surface area contributed by atoms with Gasteiger partial charge in [-0.2, -0.15) is 0 Å². The normalized spacial score (nSPS) is 13.8. The Kier molecular flexibility index (Phi) is 4.32. The summed E-state index contributed by atoms with van der Waals surface area (Å²) in [5.41, 5.74) is 0.143. The smallest absolute Gasteiger partial charge is 0.0787 e. The van der Waals surface area contributed by atoms with Gasteiger partial charge < -0.3 is 0 Å². The van der Waals surface area contributed by atoms with Gasteiger partial charge >= 0.3 is 0 Å². The molecule has 0 heterocycles. The molecular formula is C9H21NO3. The van der Waals surface area contributed by atoms with Crippen LogP contribution in [0.1, 0.15) is 41.0 Å². The van der Waals surface area contributed by atoms with Crippen LogP contribution in [-0.2, 0) is 4.84 Å². The zero-order valence-corrected chi connectivity index (χ0v) is 9.16. The quantitative estimate of drug-likeness (QED) is 0.670. The van der Waals surface area contributed by atoms with E-state index in [-0.39, 0.29) is 22.8 Å². The van der Waals surface area contributed by atoms with Crippen LogP contribution >= 0.6 is 0 Å². The predicted octanol–water partition coefficient (Wildman–Crippen LogP) is 2.46. The average Bonchev–Trinajstić information content (AvgIpc) is 1.78. The van der Waals surface area contributed by atoms with Gasteiger partial charge in [-0.15, -0.1) is 0 Å². The molecule has 0 atom stereocenters. The third kappa shape index (κ3) is 8.18. The highest BCUT2D eigenvalue weighted by Gasteiger charge is 2.26. The molecule has 0 fully saturated rings. The molecule has 80 valence electrons. The summed E-state index contributed by atoms with van der Waals surface area (Å²) in [7, 11) is 0. The van der Waals surface area contributed by atoms with Crippen molar-refractivity contribution in [2.75, 3.05) is 6.61 Å². The summed E-state index contributed by atoms with van der Waals surface area (Å²) >= 11 is 0. The average molecular weight is 191 g/mol. The van der Waals surface area contributed by atoms with E-state index in [0.717, 1.165) is 6.42 Å². The Labute approximate surface area is 80.0 Å². The van der Waals surface area contributed by atoms with Crippen LogP contribution in [0.25, 0.3) is 0 Å². The molecule has 2 N–H and O–H groups in total. The molecule has 0 aromatic heterocycles. The standard InChI is InChI=1S/C9H21NO3/c1-8(2,3)6-9(4,5)7-13-10(11)12/h11-12H,6-7H2,1-5H3. The number of nitrogens with zero attached hydrogens (tertiary/aromatic N) is 1. The Balaban J connectivity index is 3.94. The molecule has 0 unspecified atom stereocenters. The van der Waals surface area contributed by atoms with E-state index in [9.17, 15) is 0 Å². The maximum Gasteiger partial charge on any atom is 0.0787 e. The lowest BCUT2D eigenvalue weighted by Crippen LogP contribution is -2.29. The van der Waals surface area contributed by atoms with Crippen LogP contribution in [-0.4, -0.2) is 22.4 Å². The maximum absolute atomic E-state index is 8.38. The first-order valence-electron chi connectivity index (χ1n) is 4.43. The van der Waals surface area contributed by atoms with Crippen molar-refractivity contribution in [3.05, 3.63) is 0 Å². The molecule has 4 heteroatoms. The summed E-state index contributed by atoms with van der Waals surface area (Å²) in [5, 5.41) is 16.5. The molecule has 0 aliphatic carbocycles. The van der Waals surface area contributed by atoms with Crippen molar-refractivity contribution < 1.29 is 15.3 Å². The Morgan fingerprint density at radius 2 is 1.54 bits per heavy atom. The highest BCUT2D eigenvalue weighted by molar-refractivity contribution is 4.75. The highest BCUT2D eigenvalue weighted by atomic mass is 17.1. The first-order chi connectivity index (χ1) is 5.62. The summed E-state index contributed by atoms with van der Waals surface area (Å²) in [4.78, 5) is 4.60. The molecule has 0 aromatic carbocycles. The lowest BCUT2D eigenvalue weighted by molar-refractivity contribution is -0.497. The Hall–Kier alpha value is -0.160. The van der Waals surface area contributed by atoms with Crippen LogP contribution in [0.4, 0.5) is 0 Å². The zero-order chi connectivity index (χ0) is 10.7. The summed E-state index contributed by atoms with van der Waals surface area (Å²) in [6.07, 6.45) is 0.952. The molecule has 0 radical (unpaired) electrons. The van der Waals surface area contributed by atoms with Gasteiger partial charge in [-0.05, 0) is 17.3 Å². The molecule has 0 aliphatic rings. The second kappa shape index (κ2) is 4.37. The lowest BCUT2D eigenvalue weighted by atomic mass is 9.77. The SMILES string of the molecule is CC(C)(C)CC(C)(C)CON(O)O. The Morgan fingerprint density at radius 3 is 1.85 bits per heavy atom. The van der Waals surface area contributed by atoms with Gasteiger partial charge in [0.2, 0.25) is 0 Å². The molecule has 0 rings (SSSR count). The van der Waals surface area contributed by atoms with Crippen molar-refractivity contribution in [3.63, 3.8) is 0 Å². The molecular weight excluding hydrogens is 170 g/mol. The second-order valence-corrected chi connectivity index (χ2v) is 5.43. The van der Waals surface area contributed by atoms with E-state index in [0.29, 0.717) is 0 Å². The van der Waals surface area contributed by atoms with Gasteiger partial charge in [-0.25, -0.2) is 0 Å². The van der Waals surface area contributed by atoms with Gasteiger partial charge in [-0.3, -0.25) is 15.3 Å². The fraction of sp³-hybridized carbons (Fsp3) is 1.00. The fourth-order valence-corrected chi connectivity index (χ4v) is 1.72. The van der Waals surface area contributed by atoms with E-state index in [1.165, 1.54) is 0 Å². The third-order valence-corrected chi connectivity index (χ3v) is 1.58. The minimum absolute atomic E-state index is 0.0675. The van der Waals surface area contributed by atoms with Gasteiger partial charge in [-0.1, -0.05) is 34.6 Å². The molecule has 0 aliphatic heterocycles. The van der Waals surface area contributed by atoms with Crippen molar-refractivity contribution >= 4 is 0 Å². The van der Waals surface area contributed by atoms with Crippen molar-refractivity contribution in [2.24, 2.45) is 10.8 Å². The number of hydrogen-bond acceptors (Lipinski definition) is 4. The fourth-order valence-electron chi connectivity index (χ4n) is 1.72. The maximum atomic E-state index is 8.38. The van der Waals surface area contributed by atoms with Gasteiger partial charge in [0.05, 0.1) is 12.0 Å². The summed E-state index contributed by atoms with van der Waals surface area (Å²) < 4.78 is 0. The first-order valence-corrected chi connectivity index (χ1v) is 4.43. The van der Waals surface area contributed by atoms with Crippen molar-refractivity contribution in [2.45, 2.75) is 41.0 Å². The van der Waals surface area contributed by atoms with Crippen LogP contribution in [0.3, 0.4) is 0 Å². The van der Waals surface area contributed by atoms with Crippen LogP contribution < -0.4 is 0 Å². The largest absolute Gasteiger partial charge is 0.266 e. The molecule has 13 heavy (non-hydrogen) atoms. The van der Waals surface area contributed by atoms with Crippen LogP contribution in [0.5, 0.6) is 0 Å². The molecule has 0 spiro atoms. The van der Waals surface area contributed by atoms with Crippen molar-refractivity contribution in [1.29, 1.82) is 0 Å². The Morgan fingerprint density at radius 1 is 1.08 bits per heavy atom. The molecule has 4 nitrogen and oxygen atoms in total. The molecule has 0 saturated carbocycles. The minimum atomic E-state index is -0.232. The summed E-state index contributed by atoms with van der Waals surface area (Å²) in [6, 6.07) is 0. The van der Waals surface area contributed by atoms with E-state index in [1.54, 1.807) is 0 Å². The van der Waals surface area contributed by atoms with E-state index < -0.39 is 0 Å². The highest BCUT2D eigenvalue weighted by Crippen LogP contribution is 2.33. The zero-order valence-electron chi connectivity index (χ0n) is 9.16. The van der Waals surface area contributed by atoms with Gasteiger partial charge in [0.25, 0.3) is 0 Å². The van der Waals surface area contributed by atoms with E-state index in [1.807, 2.05) is 13.8 Å². The summed E-state index contributed by atoms with van der Waals surface area (Å²) in [6.45, 7) is 10.8. The van der Waals surface area contributed by atoms with Crippen LogP contribution in [0, 0.1) is 10.8 Å². The summed E-state index contributed by atoms with van der Waals surface area (Å²) in [5.74, 6) is 0. The first kappa shape index (κ1) is 12.8. The second-order valence-electron chi connectivity index (χ2n) is 5.43. The van der Waals surface area contributed by atoms with Gasteiger partial charge in [0, 0.05) is 0 Å². The lowest BCUT2D eigenvalue weighted by Gasteiger charge is -2.31. The number of hydrogen-bond donors (Lipinski definition) is 2. The van der Waals surface area contributed by atoms with Crippen molar-refractivity contribution in [3.8, 4) is 0 Å². The van der Waals surface area contributed by atoms with E-state index >= 15 is 0 Å². The van der Waals surface area contributed by atoms with Gasteiger partial charge in [0.1, 0.15) is 0 Å². The molecule has 0 aromatic rings. The van der Waals surface area contributed by atoms with Crippen molar-refractivity contribution in [1.82, 2.24) is 5.39 Å². The third-order valence-electron chi connectivity index (χ3n) is 1.58. The number of rotatable bonds is 4. The van der Waals surface area contributed by atoms with Crippen LogP contribution in [0.15, 0.2) is 0 Å². The molecule has 0 amide bonds. The molecule has 0 saturated heterocycles. The van der Waals surface area contributed by atoms with E-state index in [2.05, 4.69) is 25.6 Å². The van der Waals surface area contributed by atoms with E-state index in [4.69, 9.17) is 10.4 Å². The predicted molar refractivity (Wildman–Crippen MR) is 49.2 cm³/mol. The van der Waals surface area contributed by atoms with Crippen LogP contribution in [0.2, 0.25) is 0 Å². The Bertz CT molecular complexity index is 149.